The Balaban J connectivity index is 2.24. The lowest BCUT2D eigenvalue weighted by Gasteiger charge is -2.16. The number of nitrogens with zero attached hydrogens (tertiary/aromatic N) is 1. The number of pyridine rings is 1. The van der Waals surface area contributed by atoms with Crippen LogP contribution in [0.1, 0.15) is 23.7 Å². The van der Waals surface area contributed by atoms with Crippen molar-refractivity contribution in [3.8, 4) is 0 Å². The van der Waals surface area contributed by atoms with E-state index in [1.54, 1.807) is 6.20 Å². The molecule has 6 heteroatoms. The first kappa shape index (κ1) is 15.2. The van der Waals surface area contributed by atoms with Gasteiger partial charge in [-0.2, -0.15) is 13.2 Å². The third-order valence-corrected chi connectivity index (χ3v) is 3.16. The van der Waals surface area contributed by atoms with Gasteiger partial charge in [-0.1, -0.05) is 13.0 Å². The molecule has 3 N–H and O–H groups in total. The maximum atomic E-state index is 13.0. The Hall–Kier alpha value is -2.24. The molecule has 112 valence electrons. The number of nitrogens with one attached hydrogen (secondary N) is 1. The minimum absolute atomic E-state index is 0.00408. The van der Waals surface area contributed by atoms with Gasteiger partial charge in [-0.05, 0) is 36.2 Å². The number of halogens is 3. The first-order valence-corrected chi connectivity index (χ1v) is 6.55. The van der Waals surface area contributed by atoms with E-state index in [0.29, 0.717) is 0 Å². The van der Waals surface area contributed by atoms with E-state index in [9.17, 15) is 13.2 Å². The molecule has 3 nitrogen and oxygen atoms in total. The number of alkyl halides is 3. The summed E-state index contributed by atoms with van der Waals surface area (Å²) in [5.74, 6) is 0. The van der Waals surface area contributed by atoms with Gasteiger partial charge in [0.2, 0.25) is 0 Å². The summed E-state index contributed by atoms with van der Waals surface area (Å²) >= 11 is 0. The Bertz CT molecular complexity index is 624. The molecule has 0 aliphatic rings. The molecular weight excluding hydrogens is 279 g/mol. The monoisotopic (exact) mass is 295 g/mol. The third kappa shape index (κ3) is 3.65. The highest BCUT2D eigenvalue weighted by Crippen LogP contribution is 2.36. The smallest absolute Gasteiger partial charge is 0.399 e. The first-order chi connectivity index (χ1) is 9.91. The van der Waals surface area contributed by atoms with E-state index >= 15 is 0 Å². The minimum Gasteiger partial charge on any atom is -0.399 e. The number of rotatable bonds is 4. The maximum absolute atomic E-state index is 13.0. The van der Waals surface area contributed by atoms with Gasteiger partial charge in [0.1, 0.15) is 0 Å². The van der Waals surface area contributed by atoms with E-state index in [1.807, 2.05) is 19.1 Å². The molecule has 1 aromatic heterocycles. The molecule has 21 heavy (non-hydrogen) atoms. The average Bonchev–Trinajstić information content (AvgIpc) is 2.45. The van der Waals surface area contributed by atoms with Crippen LogP contribution in [-0.4, -0.2) is 4.98 Å². The predicted octanol–water partition coefficient (Wildman–Crippen LogP) is 3.86. The lowest BCUT2D eigenvalue weighted by molar-refractivity contribution is -0.136. The second-order valence-corrected chi connectivity index (χ2v) is 4.62. The standard InChI is InChI=1S/C15H16F3N3/c1-2-10-4-3-7-20-14(10)9-21-13-6-5-11(19)8-12(13)15(16,17)18/h3-8,21H,2,9,19H2,1H3. The van der Waals surface area contributed by atoms with Gasteiger partial charge in [0, 0.05) is 17.6 Å². The van der Waals surface area contributed by atoms with Gasteiger partial charge < -0.3 is 11.1 Å². The molecule has 0 amide bonds. The zero-order valence-corrected chi connectivity index (χ0v) is 11.5. The number of hydrogen-bond donors (Lipinski definition) is 2. The summed E-state index contributed by atoms with van der Waals surface area (Å²) in [5.41, 5.74) is 6.51. The third-order valence-electron chi connectivity index (χ3n) is 3.16. The lowest BCUT2D eigenvalue weighted by atomic mass is 10.1. The van der Waals surface area contributed by atoms with Crippen molar-refractivity contribution in [3.63, 3.8) is 0 Å². The average molecular weight is 295 g/mol. The Labute approximate surface area is 121 Å². The van der Waals surface area contributed by atoms with Gasteiger partial charge in [0.15, 0.2) is 0 Å². The fraction of sp³-hybridized carbons (Fsp3) is 0.267. The van der Waals surface area contributed by atoms with Gasteiger partial charge in [0.25, 0.3) is 0 Å². The van der Waals surface area contributed by atoms with Crippen LogP contribution in [0, 0.1) is 0 Å². The normalized spacial score (nSPS) is 11.4. The van der Waals surface area contributed by atoms with Gasteiger partial charge in [-0.25, -0.2) is 0 Å². The van der Waals surface area contributed by atoms with Crippen LogP contribution in [-0.2, 0) is 19.1 Å². The van der Waals surface area contributed by atoms with Gasteiger partial charge in [-0.3, -0.25) is 4.98 Å². The number of aryl methyl sites for hydroxylation is 1. The summed E-state index contributed by atoms with van der Waals surface area (Å²) in [6, 6.07) is 7.44. The topological polar surface area (TPSA) is 50.9 Å². The van der Waals surface area contributed by atoms with Crippen LogP contribution in [0.4, 0.5) is 24.5 Å². The zero-order valence-electron chi connectivity index (χ0n) is 11.5. The largest absolute Gasteiger partial charge is 0.418 e. The summed E-state index contributed by atoms with van der Waals surface area (Å²) in [6.07, 6.45) is -2.04. The molecule has 2 rings (SSSR count). The highest BCUT2D eigenvalue weighted by Gasteiger charge is 2.33. The fourth-order valence-electron chi connectivity index (χ4n) is 2.08. The highest BCUT2D eigenvalue weighted by atomic mass is 19.4. The molecule has 0 bridgehead atoms. The molecule has 0 saturated carbocycles. The van der Waals surface area contributed by atoms with Crippen LogP contribution >= 0.6 is 0 Å². The summed E-state index contributed by atoms with van der Waals surface area (Å²) in [4.78, 5) is 4.21. The van der Waals surface area contributed by atoms with Crippen LogP contribution in [0.5, 0.6) is 0 Å². The van der Waals surface area contributed by atoms with Crippen molar-refractivity contribution < 1.29 is 13.2 Å². The quantitative estimate of drug-likeness (QED) is 0.842. The SMILES string of the molecule is CCc1cccnc1CNc1ccc(N)cc1C(F)(F)F. The second-order valence-electron chi connectivity index (χ2n) is 4.62. The molecule has 0 spiro atoms. The Kier molecular flexibility index (Phi) is 4.35. The van der Waals surface area contributed by atoms with Crippen LogP contribution in [0.2, 0.25) is 0 Å². The van der Waals surface area contributed by atoms with Gasteiger partial charge in [-0.15, -0.1) is 0 Å². The molecule has 0 aliphatic carbocycles. The minimum atomic E-state index is -4.45. The summed E-state index contributed by atoms with van der Waals surface area (Å²) in [7, 11) is 0. The van der Waals surface area contributed by atoms with Crippen molar-refractivity contribution in [2.24, 2.45) is 0 Å². The van der Waals surface area contributed by atoms with Crippen molar-refractivity contribution in [1.29, 1.82) is 0 Å². The molecule has 0 fully saturated rings. The number of benzene rings is 1. The number of nitrogens with two attached hydrogens (primary N) is 1. The number of aromatic nitrogens is 1. The van der Waals surface area contributed by atoms with Crippen LogP contribution in [0.25, 0.3) is 0 Å². The summed E-state index contributed by atoms with van der Waals surface area (Å²) in [6.45, 7) is 2.21. The number of anilines is 2. The number of hydrogen-bond acceptors (Lipinski definition) is 3. The highest BCUT2D eigenvalue weighted by molar-refractivity contribution is 5.59. The Morgan fingerprint density at radius 2 is 2.00 bits per heavy atom. The molecule has 0 aliphatic heterocycles. The van der Waals surface area contributed by atoms with Crippen molar-refractivity contribution >= 4 is 11.4 Å². The van der Waals surface area contributed by atoms with Gasteiger partial charge in [0.05, 0.1) is 17.8 Å². The van der Waals surface area contributed by atoms with Crippen molar-refractivity contribution in [2.75, 3.05) is 11.1 Å². The van der Waals surface area contributed by atoms with E-state index in [-0.39, 0.29) is 17.9 Å². The number of nitrogen functional groups attached to an aromatic ring is 1. The summed E-state index contributed by atoms with van der Waals surface area (Å²) in [5, 5.41) is 2.80. The van der Waals surface area contributed by atoms with Crippen molar-refractivity contribution in [1.82, 2.24) is 4.98 Å². The maximum Gasteiger partial charge on any atom is 0.418 e. The second kappa shape index (κ2) is 6.03. The van der Waals surface area contributed by atoms with Crippen LogP contribution in [0.15, 0.2) is 36.5 Å². The first-order valence-electron chi connectivity index (χ1n) is 6.55. The molecule has 0 unspecified atom stereocenters. The molecule has 2 aromatic rings. The Morgan fingerprint density at radius 1 is 1.24 bits per heavy atom. The zero-order chi connectivity index (χ0) is 15.5. The van der Waals surface area contributed by atoms with Gasteiger partial charge >= 0.3 is 6.18 Å². The Morgan fingerprint density at radius 3 is 2.67 bits per heavy atom. The van der Waals surface area contributed by atoms with Crippen molar-refractivity contribution in [3.05, 3.63) is 53.3 Å². The van der Waals surface area contributed by atoms with E-state index in [4.69, 9.17) is 5.73 Å². The molecule has 0 radical (unpaired) electrons. The van der Waals surface area contributed by atoms with E-state index in [0.717, 1.165) is 23.7 Å². The molecule has 1 heterocycles. The van der Waals surface area contributed by atoms with E-state index in [1.165, 1.54) is 12.1 Å². The molecular formula is C15H16F3N3. The molecule has 1 aromatic carbocycles. The predicted molar refractivity (Wildman–Crippen MR) is 76.8 cm³/mol. The van der Waals surface area contributed by atoms with Crippen LogP contribution in [0.3, 0.4) is 0 Å². The fourth-order valence-corrected chi connectivity index (χ4v) is 2.08. The lowest BCUT2D eigenvalue weighted by Crippen LogP contribution is -2.12. The van der Waals surface area contributed by atoms with Crippen LogP contribution < -0.4 is 11.1 Å². The molecule has 0 atom stereocenters. The van der Waals surface area contributed by atoms with Crippen molar-refractivity contribution in [2.45, 2.75) is 26.1 Å². The molecule has 0 saturated heterocycles. The summed E-state index contributed by atoms with van der Waals surface area (Å²) < 4.78 is 39.0. The van der Waals surface area contributed by atoms with E-state index < -0.39 is 11.7 Å². The van der Waals surface area contributed by atoms with E-state index in [2.05, 4.69) is 10.3 Å².